The summed E-state index contributed by atoms with van der Waals surface area (Å²) < 4.78 is 5.51. The summed E-state index contributed by atoms with van der Waals surface area (Å²) in [6.07, 6.45) is 2.27. The first kappa shape index (κ1) is 12.9. The van der Waals surface area contributed by atoms with E-state index >= 15 is 0 Å². The van der Waals surface area contributed by atoms with Crippen LogP contribution in [-0.2, 0) is 4.74 Å². The van der Waals surface area contributed by atoms with Crippen LogP contribution in [0.15, 0.2) is 18.2 Å². The van der Waals surface area contributed by atoms with Crippen LogP contribution in [0.3, 0.4) is 0 Å². The molecule has 18 heavy (non-hydrogen) atoms. The second kappa shape index (κ2) is 5.40. The molecule has 4 nitrogen and oxygen atoms in total. The van der Waals surface area contributed by atoms with Crippen molar-refractivity contribution in [3.8, 4) is 0 Å². The van der Waals surface area contributed by atoms with E-state index in [1.54, 1.807) is 6.07 Å². The van der Waals surface area contributed by atoms with Crippen LogP contribution in [0, 0.1) is 0 Å². The summed E-state index contributed by atoms with van der Waals surface area (Å²) in [5.74, 6) is -0.00324. The molecule has 0 radical (unpaired) electrons. The van der Waals surface area contributed by atoms with E-state index in [4.69, 9.17) is 10.5 Å². The van der Waals surface area contributed by atoms with Gasteiger partial charge >= 0.3 is 0 Å². The minimum absolute atomic E-state index is 0.00324. The standard InChI is InChI=1S/C14H20N2O2/c1-9-7-12(5-6-18-9)16-11-3-4-14(15)13(8-11)10(2)17/h3-4,8-9,12,16H,5-7,15H2,1-2H3. The zero-order valence-corrected chi connectivity index (χ0v) is 10.9. The van der Waals surface area contributed by atoms with Crippen LogP contribution in [0.1, 0.15) is 37.0 Å². The lowest BCUT2D eigenvalue weighted by Gasteiger charge is -2.28. The number of nitrogens with one attached hydrogen (secondary N) is 1. The van der Waals surface area contributed by atoms with Crippen molar-refractivity contribution in [2.24, 2.45) is 0 Å². The smallest absolute Gasteiger partial charge is 0.161 e. The summed E-state index contributed by atoms with van der Waals surface area (Å²) >= 11 is 0. The van der Waals surface area contributed by atoms with Crippen molar-refractivity contribution in [2.45, 2.75) is 38.8 Å². The van der Waals surface area contributed by atoms with Crippen LogP contribution >= 0.6 is 0 Å². The van der Waals surface area contributed by atoms with E-state index < -0.39 is 0 Å². The molecule has 1 aliphatic heterocycles. The van der Waals surface area contributed by atoms with Gasteiger partial charge in [-0.2, -0.15) is 0 Å². The number of carbonyl (C=O) groups is 1. The predicted octanol–water partition coefficient (Wildman–Crippen LogP) is 2.45. The normalized spacial score (nSPS) is 23.7. The minimum atomic E-state index is -0.00324. The van der Waals surface area contributed by atoms with Crippen LogP contribution in [0.5, 0.6) is 0 Å². The minimum Gasteiger partial charge on any atom is -0.398 e. The van der Waals surface area contributed by atoms with Gasteiger partial charge in [0, 0.05) is 29.6 Å². The van der Waals surface area contributed by atoms with Gasteiger partial charge in [-0.25, -0.2) is 0 Å². The van der Waals surface area contributed by atoms with Gasteiger partial charge in [0.25, 0.3) is 0 Å². The maximum Gasteiger partial charge on any atom is 0.161 e. The molecule has 1 aromatic rings. The van der Waals surface area contributed by atoms with E-state index in [9.17, 15) is 4.79 Å². The Morgan fingerprint density at radius 1 is 1.50 bits per heavy atom. The van der Waals surface area contributed by atoms with E-state index in [0.29, 0.717) is 17.3 Å². The Bertz CT molecular complexity index is 445. The quantitative estimate of drug-likeness (QED) is 0.637. The first-order valence-corrected chi connectivity index (χ1v) is 6.35. The van der Waals surface area contributed by atoms with Gasteiger partial charge in [-0.1, -0.05) is 0 Å². The van der Waals surface area contributed by atoms with E-state index in [-0.39, 0.29) is 11.9 Å². The second-order valence-electron chi connectivity index (χ2n) is 4.91. The Morgan fingerprint density at radius 2 is 2.28 bits per heavy atom. The highest BCUT2D eigenvalue weighted by Crippen LogP contribution is 2.22. The van der Waals surface area contributed by atoms with E-state index in [0.717, 1.165) is 25.1 Å². The monoisotopic (exact) mass is 248 g/mol. The molecule has 0 aliphatic carbocycles. The van der Waals surface area contributed by atoms with Gasteiger partial charge in [0.1, 0.15) is 0 Å². The molecule has 0 amide bonds. The molecule has 0 bridgehead atoms. The van der Waals surface area contributed by atoms with E-state index in [1.807, 2.05) is 12.1 Å². The summed E-state index contributed by atoms with van der Waals surface area (Å²) in [5.41, 5.74) is 7.85. The lowest BCUT2D eigenvalue weighted by Crippen LogP contribution is -2.32. The Morgan fingerprint density at radius 3 is 2.94 bits per heavy atom. The lowest BCUT2D eigenvalue weighted by molar-refractivity contribution is 0.0232. The van der Waals surface area contributed by atoms with Crippen LogP contribution < -0.4 is 11.1 Å². The molecule has 1 aliphatic rings. The Hall–Kier alpha value is -1.55. The molecule has 2 rings (SSSR count). The fourth-order valence-corrected chi connectivity index (χ4v) is 2.32. The fraction of sp³-hybridized carbons (Fsp3) is 0.500. The Labute approximate surface area is 108 Å². The number of ether oxygens (including phenoxy) is 1. The van der Waals surface area contributed by atoms with Crippen LogP contribution in [0.2, 0.25) is 0 Å². The van der Waals surface area contributed by atoms with Gasteiger partial charge in [0.15, 0.2) is 5.78 Å². The van der Waals surface area contributed by atoms with Gasteiger partial charge < -0.3 is 15.8 Å². The molecule has 0 spiro atoms. The van der Waals surface area contributed by atoms with Crippen molar-refractivity contribution in [3.63, 3.8) is 0 Å². The number of Topliss-reactive ketones (excluding diaryl/α,β-unsaturated/α-hetero) is 1. The molecule has 0 saturated carbocycles. The third-order valence-corrected chi connectivity index (χ3v) is 3.29. The largest absolute Gasteiger partial charge is 0.398 e. The molecule has 1 aromatic carbocycles. The number of hydrogen-bond donors (Lipinski definition) is 2. The number of anilines is 2. The topological polar surface area (TPSA) is 64.3 Å². The maximum absolute atomic E-state index is 11.4. The van der Waals surface area contributed by atoms with Crippen LogP contribution in [0.4, 0.5) is 11.4 Å². The number of hydrogen-bond acceptors (Lipinski definition) is 4. The zero-order valence-electron chi connectivity index (χ0n) is 10.9. The number of carbonyl (C=O) groups excluding carboxylic acids is 1. The van der Waals surface area contributed by atoms with Crippen molar-refractivity contribution < 1.29 is 9.53 Å². The maximum atomic E-state index is 11.4. The Balaban J connectivity index is 2.09. The third kappa shape index (κ3) is 3.01. The summed E-state index contributed by atoms with van der Waals surface area (Å²) in [7, 11) is 0. The van der Waals surface area contributed by atoms with Crippen molar-refractivity contribution in [3.05, 3.63) is 23.8 Å². The molecule has 0 aromatic heterocycles. The molecule has 98 valence electrons. The predicted molar refractivity (Wildman–Crippen MR) is 72.9 cm³/mol. The number of nitrogen functional groups attached to an aromatic ring is 1. The zero-order chi connectivity index (χ0) is 13.1. The van der Waals surface area contributed by atoms with Gasteiger partial charge in [-0.15, -0.1) is 0 Å². The molecule has 2 atom stereocenters. The third-order valence-electron chi connectivity index (χ3n) is 3.29. The van der Waals surface area contributed by atoms with Crippen molar-refractivity contribution in [2.75, 3.05) is 17.7 Å². The van der Waals surface area contributed by atoms with Crippen LogP contribution in [0.25, 0.3) is 0 Å². The lowest BCUT2D eigenvalue weighted by atomic mass is 10.0. The van der Waals surface area contributed by atoms with E-state index in [2.05, 4.69) is 12.2 Å². The highest BCUT2D eigenvalue weighted by molar-refractivity contribution is 6.00. The van der Waals surface area contributed by atoms with Crippen molar-refractivity contribution in [1.29, 1.82) is 0 Å². The average molecular weight is 248 g/mol. The average Bonchev–Trinajstić information content (AvgIpc) is 2.31. The van der Waals surface area contributed by atoms with E-state index in [1.165, 1.54) is 6.92 Å². The molecule has 1 heterocycles. The van der Waals surface area contributed by atoms with Crippen molar-refractivity contribution in [1.82, 2.24) is 0 Å². The number of nitrogens with two attached hydrogens (primary N) is 1. The SMILES string of the molecule is CC(=O)c1cc(NC2CCOC(C)C2)ccc1N. The van der Waals surface area contributed by atoms with Gasteiger partial charge in [0.05, 0.1) is 6.10 Å². The highest BCUT2D eigenvalue weighted by atomic mass is 16.5. The molecule has 1 saturated heterocycles. The number of ketones is 1. The fourth-order valence-electron chi connectivity index (χ4n) is 2.32. The first-order valence-electron chi connectivity index (χ1n) is 6.35. The van der Waals surface area contributed by atoms with Gasteiger partial charge in [-0.3, -0.25) is 4.79 Å². The summed E-state index contributed by atoms with van der Waals surface area (Å²) in [5, 5.41) is 3.45. The van der Waals surface area contributed by atoms with Gasteiger partial charge in [0.2, 0.25) is 0 Å². The van der Waals surface area contributed by atoms with Crippen LogP contribution in [-0.4, -0.2) is 24.5 Å². The summed E-state index contributed by atoms with van der Waals surface area (Å²) in [4.78, 5) is 11.4. The highest BCUT2D eigenvalue weighted by Gasteiger charge is 2.19. The molecule has 4 heteroatoms. The molecular weight excluding hydrogens is 228 g/mol. The Kier molecular flexibility index (Phi) is 3.87. The molecule has 3 N–H and O–H groups in total. The van der Waals surface area contributed by atoms with Crippen molar-refractivity contribution >= 4 is 17.2 Å². The van der Waals surface area contributed by atoms with Gasteiger partial charge in [-0.05, 0) is 44.9 Å². The second-order valence-corrected chi connectivity index (χ2v) is 4.91. The number of benzene rings is 1. The molecule has 1 fully saturated rings. The molecular formula is C14H20N2O2. The molecule has 2 unspecified atom stereocenters. The summed E-state index contributed by atoms with van der Waals surface area (Å²) in [6, 6.07) is 5.93. The summed E-state index contributed by atoms with van der Waals surface area (Å²) in [6.45, 7) is 4.40. The first-order chi connectivity index (χ1) is 8.56. The number of rotatable bonds is 3.